The number of hydrogen-bond acceptors (Lipinski definition) is 3. The van der Waals surface area contributed by atoms with Crippen molar-refractivity contribution in [1.29, 1.82) is 0 Å². The maximum absolute atomic E-state index is 12.4. The van der Waals surface area contributed by atoms with Crippen molar-refractivity contribution < 1.29 is 14.4 Å². The quantitative estimate of drug-likeness (QED) is 0.691. The molecule has 1 aromatic rings. The zero-order valence-electron chi connectivity index (χ0n) is 17.6. The highest BCUT2D eigenvalue weighted by Crippen LogP contribution is 2.37. The van der Waals surface area contributed by atoms with E-state index >= 15 is 0 Å². The highest BCUT2D eigenvalue weighted by atomic mass is 16.2. The van der Waals surface area contributed by atoms with Crippen LogP contribution in [0.25, 0.3) is 0 Å². The fraction of sp³-hybridized carbons (Fsp3) is 0.591. The van der Waals surface area contributed by atoms with E-state index < -0.39 is 11.8 Å². The van der Waals surface area contributed by atoms with Crippen molar-refractivity contribution in [2.24, 2.45) is 11.3 Å². The lowest BCUT2D eigenvalue weighted by atomic mass is 9.71. The van der Waals surface area contributed by atoms with Gasteiger partial charge in [-0.3, -0.25) is 14.4 Å². The molecule has 1 aliphatic carbocycles. The Morgan fingerprint density at radius 1 is 0.964 bits per heavy atom. The first-order valence-corrected chi connectivity index (χ1v) is 10.1. The van der Waals surface area contributed by atoms with E-state index in [1.54, 1.807) is 24.3 Å². The maximum Gasteiger partial charge on any atom is 0.313 e. The van der Waals surface area contributed by atoms with Crippen LogP contribution < -0.4 is 16.0 Å². The van der Waals surface area contributed by atoms with E-state index in [4.69, 9.17) is 0 Å². The van der Waals surface area contributed by atoms with Gasteiger partial charge in [0.15, 0.2) is 0 Å². The molecule has 154 valence electrons. The molecule has 0 heterocycles. The van der Waals surface area contributed by atoms with Crippen LogP contribution in [0.15, 0.2) is 24.3 Å². The van der Waals surface area contributed by atoms with Crippen LogP contribution in [0.5, 0.6) is 0 Å². The van der Waals surface area contributed by atoms with Gasteiger partial charge in [0.05, 0.1) is 11.3 Å². The van der Waals surface area contributed by atoms with Crippen LogP contribution >= 0.6 is 0 Å². The predicted octanol–water partition coefficient (Wildman–Crippen LogP) is 3.48. The molecule has 3 amide bonds. The van der Waals surface area contributed by atoms with Crippen LogP contribution in [0.2, 0.25) is 0 Å². The first-order chi connectivity index (χ1) is 13.1. The molecule has 0 atom stereocenters. The molecule has 1 saturated carbocycles. The van der Waals surface area contributed by atoms with Crippen LogP contribution in [0, 0.1) is 11.3 Å². The van der Waals surface area contributed by atoms with Crippen molar-refractivity contribution in [3.8, 4) is 0 Å². The Morgan fingerprint density at radius 2 is 1.57 bits per heavy atom. The summed E-state index contributed by atoms with van der Waals surface area (Å²) in [6, 6.07) is 6.68. The highest BCUT2D eigenvalue weighted by Gasteiger charge is 2.31. The van der Waals surface area contributed by atoms with Crippen LogP contribution in [-0.4, -0.2) is 29.8 Å². The Morgan fingerprint density at radius 3 is 2.14 bits per heavy atom. The third kappa shape index (κ3) is 6.08. The smallest absolute Gasteiger partial charge is 0.313 e. The maximum atomic E-state index is 12.4. The molecule has 0 unspecified atom stereocenters. The van der Waals surface area contributed by atoms with Gasteiger partial charge in [0.2, 0.25) is 0 Å². The summed E-state index contributed by atoms with van der Waals surface area (Å²) in [6.07, 6.45) is 3.87. The summed E-state index contributed by atoms with van der Waals surface area (Å²) < 4.78 is 0. The van der Waals surface area contributed by atoms with E-state index in [0.29, 0.717) is 17.2 Å². The molecule has 0 aliphatic heterocycles. The molecule has 3 N–H and O–H groups in total. The van der Waals surface area contributed by atoms with Gasteiger partial charge in [-0.25, -0.2) is 0 Å². The first-order valence-electron chi connectivity index (χ1n) is 10.1. The largest absolute Gasteiger partial charge is 0.350 e. The van der Waals surface area contributed by atoms with Crippen molar-refractivity contribution >= 4 is 23.4 Å². The van der Waals surface area contributed by atoms with E-state index in [1.165, 1.54) is 0 Å². The molecule has 1 aromatic carbocycles. The van der Waals surface area contributed by atoms with Crippen molar-refractivity contribution in [3.63, 3.8) is 0 Å². The molecule has 0 radical (unpaired) electrons. The standard InChI is InChI=1S/C22H33N3O3/c1-14(2)23-19(26)17-8-6-7-9-18(17)25-21(28)20(27)24-16-12-10-15(11-13-16)22(3,4)5/h6-9,14-16H,10-13H2,1-5H3,(H,23,26)(H,24,27)(H,25,28). The minimum absolute atomic E-state index is 0.0244. The zero-order chi connectivity index (χ0) is 20.9. The third-order valence-corrected chi connectivity index (χ3v) is 5.33. The summed E-state index contributed by atoms with van der Waals surface area (Å²) in [6.45, 7) is 10.5. The van der Waals surface area contributed by atoms with E-state index in [0.717, 1.165) is 25.7 Å². The number of para-hydroxylation sites is 1. The van der Waals surface area contributed by atoms with Crippen molar-refractivity contribution in [2.45, 2.75) is 72.4 Å². The topological polar surface area (TPSA) is 87.3 Å². The van der Waals surface area contributed by atoms with Crippen molar-refractivity contribution in [3.05, 3.63) is 29.8 Å². The molecular weight excluding hydrogens is 354 g/mol. The van der Waals surface area contributed by atoms with Gasteiger partial charge in [0.25, 0.3) is 5.91 Å². The molecule has 6 heteroatoms. The third-order valence-electron chi connectivity index (χ3n) is 5.33. The Bertz CT molecular complexity index is 714. The molecule has 0 aromatic heterocycles. The minimum Gasteiger partial charge on any atom is -0.350 e. The van der Waals surface area contributed by atoms with Gasteiger partial charge in [-0.05, 0) is 63.0 Å². The van der Waals surface area contributed by atoms with E-state index in [1.807, 2.05) is 13.8 Å². The van der Waals surface area contributed by atoms with Gasteiger partial charge in [-0.15, -0.1) is 0 Å². The van der Waals surface area contributed by atoms with Crippen molar-refractivity contribution in [2.75, 3.05) is 5.32 Å². The highest BCUT2D eigenvalue weighted by molar-refractivity contribution is 6.40. The second kappa shape index (κ2) is 9.22. The number of carbonyl (C=O) groups excluding carboxylic acids is 3. The van der Waals surface area contributed by atoms with Crippen LogP contribution in [0.4, 0.5) is 5.69 Å². The Labute approximate surface area is 167 Å². The van der Waals surface area contributed by atoms with Gasteiger partial charge in [0, 0.05) is 12.1 Å². The fourth-order valence-electron chi connectivity index (χ4n) is 3.66. The minimum atomic E-state index is -0.747. The lowest BCUT2D eigenvalue weighted by Crippen LogP contribution is -2.44. The molecule has 28 heavy (non-hydrogen) atoms. The fourth-order valence-corrected chi connectivity index (χ4v) is 3.66. The summed E-state index contributed by atoms with van der Waals surface area (Å²) in [5.41, 5.74) is 0.937. The molecule has 0 bridgehead atoms. The molecule has 0 saturated heterocycles. The lowest BCUT2D eigenvalue weighted by molar-refractivity contribution is -0.136. The van der Waals surface area contributed by atoms with Crippen molar-refractivity contribution in [1.82, 2.24) is 10.6 Å². The number of rotatable bonds is 4. The Kier molecular flexibility index (Phi) is 7.22. The molecular formula is C22H33N3O3. The van der Waals surface area contributed by atoms with E-state index in [9.17, 15) is 14.4 Å². The molecule has 2 rings (SSSR count). The molecule has 0 spiro atoms. The van der Waals surface area contributed by atoms with E-state index in [2.05, 4.69) is 36.7 Å². The lowest BCUT2D eigenvalue weighted by Gasteiger charge is -2.37. The van der Waals surface area contributed by atoms with Gasteiger partial charge < -0.3 is 16.0 Å². The number of anilines is 1. The summed E-state index contributed by atoms with van der Waals surface area (Å²) >= 11 is 0. The average Bonchev–Trinajstić information content (AvgIpc) is 2.61. The van der Waals surface area contributed by atoms with Gasteiger partial charge in [-0.2, -0.15) is 0 Å². The average molecular weight is 388 g/mol. The SMILES string of the molecule is CC(C)NC(=O)c1ccccc1NC(=O)C(=O)NC1CCC(C(C)(C)C)CC1. The summed E-state index contributed by atoms with van der Waals surface area (Å²) in [7, 11) is 0. The number of amides is 3. The molecule has 1 fully saturated rings. The number of benzene rings is 1. The van der Waals surface area contributed by atoms with E-state index in [-0.39, 0.29) is 23.4 Å². The van der Waals surface area contributed by atoms with Crippen LogP contribution in [0.3, 0.4) is 0 Å². The molecule has 6 nitrogen and oxygen atoms in total. The normalized spacial score (nSPS) is 19.8. The summed E-state index contributed by atoms with van der Waals surface area (Å²) in [5.74, 6) is -1.05. The van der Waals surface area contributed by atoms with Gasteiger partial charge >= 0.3 is 11.8 Å². The second-order valence-corrected chi connectivity index (χ2v) is 9.02. The van der Waals surface area contributed by atoms with Crippen LogP contribution in [-0.2, 0) is 9.59 Å². The summed E-state index contributed by atoms with van der Waals surface area (Å²) in [4.78, 5) is 37.0. The predicted molar refractivity (Wildman–Crippen MR) is 111 cm³/mol. The Hall–Kier alpha value is -2.37. The molecule has 1 aliphatic rings. The zero-order valence-corrected chi connectivity index (χ0v) is 17.6. The number of carbonyl (C=O) groups is 3. The van der Waals surface area contributed by atoms with Crippen LogP contribution in [0.1, 0.15) is 70.7 Å². The van der Waals surface area contributed by atoms with Gasteiger partial charge in [-0.1, -0.05) is 32.9 Å². The number of nitrogens with one attached hydrogen (secondary N) is 3. The number of hydrogen-bond donors (Lipinski definition) is 3. The monoisotopic (exact) mass is 387 g/mol. The second-order valence-electron chi connectivity index (χ2n) is 9.02. The van der Waals surface area contributed by atoms with Gasteiger partial charge in [0.1, 0.15) is 0 Å². The summed E-state index contributed by atoms with van der Waals surface area (Å²) in [5, 5.41) is 8.21. The Balaban J connectivity index is 1.93. The first kappa shape index (κ1) is 21.9.